The molecule has 0 bridgehead atoms. The first-order chi connectivity index (χ1) is 9.84. The summed E-state index contributed by atoms with van der Waals surface area (Å²) in [6.45, 7) is 0. The number of hydrogen-bond acceptors (Lipinski definition) is 5. The average Bonchev–Trinajstić information content (AvgIpc) is 2.39. The van der Waals surface area contributed by atoms with Gasteiger partial charge in [-0.1, -0.05) is 23.9 Å². The number of esters is 1. The number of sulfonamides is 1. The molecule has 9 heteroatoms. The molecule has 0 aliphatic heterocycles. The van der Waals surface area contributed by atoms with Gasteiger partial charge in [0.25, 0.3) is 5.76 Å². The molecule has 0 radical (unpaired) electrons. The van der Waals surface area contributed by atoms with Crippen LogP contribution in [0.1, 0.15) is 12.8 Å². The summed E-state index contributed by atoms with van der Waals surface area (Å²) >= 11 is 0.264. The van der Waals surface area contributed by atoms with Gasteiger partial charge in [-0.05, 0) is 18.6 Å². The summed E-state index contributed by atoms with van der Waals surface area (Å²) in [7, 11) is -2.50. The standard InChI is InChI=1S/C12H15F2NO4S2/c1-19-11(16)7-4-8-21(17,18)15-9-5-2-3-6-10(9)20-12(13)14/h2-3,5-6,12,15H,4,7-8H2,1H3. The van der Waals surface area contributed by atoms with Gasteiger partial charge < -0.3 is 4.74 Å². The van der Waals surface area contributed by atoms with Crippen LogP contribution in [0.4, 0.5) is 14.5 Å². The fraction of sp³-hybridized carbons (Fsp3) is 0.417. The molecule has 0 unspecified atom stereocenters. The number of carbonyl (C=O) groups is 1. The minimum Gasteiger partial charge on any atom is -0.469 e. The molecule has 21 heavy (non-hydrogen) atoms. The van der Waals surface area contributed by atoms with Crippen molar-refractivity contribution in [2.45, 2.75) is 23.5 Å². The summed E-state index contributed by atoms with van der Waals surface area (Å²) in [5, 5.41) is 0. The van der Waals surface area contributed by atoms with Gasteiger partial charge >= 0.3 is 5.97 Å². The van der Waals surface area contributed by atoms with E-state index in [1.165, 1.54) is 19.2 Å². The Bertz CT molecular complexity index is 578. The number of halogens is 2. The minimum atomic E-state index is -3.71. The van der Waals surface area contributed by atoms with E-state index in [2.05, 4.69) is 9.46 Å². The lowest BCUT2D eigenvalue weighted by Gasteiger charge is -2.11. The molecule has 0 spiro atoms. The summed E-state index contributed by atoms with van der Waals surface area (Å²) in [6.07, 6.45) is 0.0665. The van der Waals surface area contributed by atoms with E-state index in [0.29, 0.717) is 0 Å². The van der Waals surface area contributed by atoms with Gasteiger partial charge in [-0.15, -0.1) is 0 Å². The van der Waals surface area contributed by atoms with Crippen LogP contribution in [0.15, 0.2) is 29.2 Å². The molecule has 0 fully saturated rings. The molecule has 0 heterocycles. The van der Waals surface area contributed by atoms with Crippen LogP contribution in [-0.2, 0) is 19.6 Å². The third kappa shape index (κ3) is 6.76. The highest BCUT2D eigenvalue weighted by Crippen LogP contribution is 2.32. The minimum absolute atomic E-state index is 0.0230. The number of methoxy groups -OCH3 is 1. The van der Waals surface area contributed by atoms with Gasteiger partial charge in [-0.25, -0.2) is 8.42 Å². The molecular formula is C12H15F2NO4S2. The molecule has 118 valence electrons. The van der Waals surface area contributed by atoms with E-state index in [-0.39, 0.29) is 40.9 Å². The Labute approximate surface area is 126 Å². The summed E-state index contributed by atoms with van der Waals surface area (Å²) in [6, 6.07) is 5.90. The van der Waals surface area contributed by atoms with Crippen molar-refractivity contribution in [2.24, 2.45) is 0 Å². The first kappa shape index (κ1) is 17.7. The summed E-state index contributed by atoms with van der Waals surface area (Å²) in [5.41, 5.74) is 0.0980. The Morgan fingerprint density at radius 2 is 2.05 bits per heavy atom. The molecule has 5 nitrogen and oxygen atoms in total. The highest BCUT2D eigenvalue weighted by Gasteiger charge is 2.16. The number of thioether (sulfide) groups is 1. The summed E-state index contributed by atoms with van der Waals surface area (Å²) < 4.78 is 55.1. The van der Waals surface area contributed by atoms with Crippen LogP contribution in [-0.4, -0.2) is 33.0 Å². The molecule has 0 aromatic heterocycles. The number of alkyl halides is 2. The maximum absolute atomic E-state index is 12.4. The Kier molecular flexibility index (Phi) is 6.90. The zero-order chi connectivity index (χ0) is 15.9. The van der Waals surface area contributed by atoms with E-state index < -0.39 is 21.8 Å². The highest BCUT2D eigenvalue weighted by atomic mass is 32.2. The van der Waals surface area contributed by atoms with E-state index in [1.807, 2.05) is 0 Å². The van der Waals surface area contributed by atoms with Crippen LogP contribution in [0.3, 0.4) is 0 Å². The predicted octanol–water partition coefficient (Wildman–Crippen LogP) is 2.70. The third-order valence-electron chi connectivity index (χ3n) is 2.39. The third-order valence-corrected chi connectivity index (χ3v) is 4.54. The molecular weight excluding hydrogens is 324 g/mol. The van der Waals surface area contributed by atoms with Gasteiger partial charge in [-0.2, -0.15) is 8.78 Å². The largest absolute Gasteiger partial charge is 0.469 e. The Morgan fingerprint density at radius 3 is 2.67 bits per heavy atom. The topological polar surface area (TPSA) is 72.5 Å². The average molecular weight is 339 g/mol. The lowest BCUT2D eigenvalue weighted by atomic mass is 10.3. The first-order valence-electron chi connectivity index (χ1n) is 5.95. The van der Waals surface area contributed by atoms with Crippen molar-refractivity contribution in [3.8, 4) is 0 Å². The maximum Gasteiger partial charge on any atom is 0.305 e. The first-order valence-corrected chi connectivity index (χ1v) is 8.48. The molecule has 0 saturated heterocycles. The van der Waals surface area contributed by atoms with Crippen molar-refractivity contribution >= 4 is 33.4 Å². The predicted molar refractivity (Wildman–Crippen MR) is 77.0 cm³/mol. The zero-order valence-corrected chi connectivity index (χ0v) is 12.8. The van der Waals surface area contributed by atoms with Gasteiger partial charge in [0.1, 0.15) is 0 Å². The van der Waals surface area contributed by atoms with Gasteiger partial charge in [0.15, 0.2) is 0 Å². The number of para-hydroxylation sites is 1. The van der Waals surface area contributed by atoms with Gasteiger partial charge in [0, 0.05) is 11.3 Å². The van der Waals surface area contributed by atoms with Crippen molar-refractivity contribution < 1.29 is 26.7 Å². The second-order valence-electron chi connectivity index (χ2n) is 3.98. The number of carbonyl (C=O) groups excluding carboxylic acids is 1. The number of ether oxygens (including phenoxy) is 1. The molecule has 0 aliphatic rings. The van der Waals surface area contributed by atoms with Gasteiger partial charge in [0.2, 0.25) is 10.0 Å². The Morgan fingerprint density at radius 1 is 1.38 bits per heavy atom. The van der Waals surface area contributed by atoms with Crippen molar-refractivity contribution in [3.63, 3.8) is 0 Å². The summed E-state index contributed by atoms with van der Waals surface area (Å²) in [5.74, 6) is -3.44. The Hall–Kier alpha value is -1.35. The number of hydrogen-bond donors (Lipinski definition) is 1. The monoisotopic (exact) mass is 339 g/mol. The molecule has 1 rings (SSSR count). The highest BCUT2D eigenvalue weighted by molar-refractivity contribution is 7.99. The van der Waals surface area contributed by atoms with Crippen LogP contribution >= 0.6 is 11.8 Å². The molecule has 1 aromatic rings. The molecule has 0 aliphatic carbocycles. The molecule has 0 saturated carbocycles. The van der Waals surface area contributed by atoms with Crippen LogP contribution in [0, 0.1) is 0 Å². The van der Waals surface area contributed by atoms with Crippen LogP contribution < -0.4 is 4.72 Å². The van der Waals surface area contributed by atoms with E-state index in [4.69, 9.17) is 0 Å². The van der Waals surface area contributed by atoms with Gasteiger partial charge in [0.05, 0.1) is 18.6 Å². The van der Waals surface area contributed by atoms with E-state index in [1.54, 1.807) is 12.1 Å². The molecule has 0 amide bonds. The van der Waals surface area contributed by atoms with Crippen molar-refractivity contribution in [3.05, 3.63) is 24.3 Å². The molecule has 0 atom stereocenters. The fourth-order valence-corrected chi connectivity index (χ4v) is 3.28. The van der Waals surface area contributed by atoms with E-state index in [0.717, 1.165) is 0 Å². The smallest absolute Gasteiger partial charge is 0.305 e. The van der Waals surface area contributed by atoms with Crippen LogP contribution in [0.25, 0.3) is 0 Å². The normalized spacial score (nSPS) is 11.4. The number of benzene rings is 1. The molecule has 1 aromatic carbocycles. The van der Waals surface area contributed by atoms with Crippen LogP contribution in [0.2, 0.25) is 0 Å². The SMILES string of the molecule is COC(=O)CCCS(=O)(=O)Nc1ccccc1SC(F)F. The van der Waals surface area contributed by atoms with Gasteiger partial charge in [-0.3, -0.25) is 9.52 Å². The second kappa shape index (κ2) is 8.18. The Balaban J connectivity index is 2.69. The van der Waals surface area contributed by atoms with Crippen LogP contribution in [0.5, 0.6) is 0 Å². The lowest BCUT2D eigenvalue weighted by Crippen LogP contribution is -2.18. The molecule has 1 N–H and O–H groups in total. The maximum atomic E-state index is 12.4. The van der Waals surface area contributed by atoms with E-state index in [9.17, 15) is 22.0 Å². The quantitative estimate of drug-likeness (QED) is 0.582. The summed E-state index contributed by atoms with van der Waals surface area (Å²) in [4.78, 5) is 11.0. The zero-order valence-electron chi connectivity index (χ0n) is 11.2. The van der Waals surface area contributed by atoms with E-state index >= 15 is 0 Å². The van der Waals surface area contributed by atoms with Crippen molar-refractivity contribution in [1.29, 1.82) is 0 Å². The number of nitrogens with one attached hydrogen (secondary N) is 1. The van der Waals surface area contributed by atoms with Crippen molar-refractivity contribution in [2.75, 3.05) is 17.6 Å². The lowest BCUT2D eigenvalue weighted by molar-refractivity contribution is -0.140. The fourth-order valence-electron chi connectivity index (χ4n) is 1.48. The second-order valence-corrected chi connectivity index (χ2v) is 6.85. The number of rotatable bonds is 8. The van der Waals surface area contributed by atoms with Crippen molar-refractivity contribution in [1.82, 2.24) is 0 Å². The number of anilines is 1.